The first-order chi connectivity index (χ1) is 28.7. The van der Waals surface area contributed by atoms with Crippen LogP contribution in [0.3, 0.4) is 0 Å². The lowest BCUT2D eigenvalue weighted by molar-refractivity contribution is -0.141. The molecule has 1 aliphatic carbocycles. The number of hydrogen-bond acceptors (Lipinski definition) is 9. The van der Waals surface area contributed by atoms with Crippen LogP contribution in [-0.2, 0) is 14.4 Å². The van der Waals surface area contributed by atoms with Gasteiger partial charge >= 0.3 is 5.97 Å². The van der Waals surface area contributed by atoms with Crippen molar-refractivity contribution >= 4 is 29.6 Å². The summed E-state index contributed by atoms with van der Waals surface area (Å²) in [6.07, 6.45) is 6.29. The molecule has 1 aromatic heterocycles. The van der Waals surface area contributed by atoms with Crippen molar-refractivity contribution in [3.8, 4) is 28.4 Å². The van der Waals surface area contributed by atoms with Gasteiger partial charge in [-0.15, -0.1) is 0 Å². The van der Waals surface area contributed by atoms with E-state index in [-0.39, 0.29) is 48.1 Å². The number of carbonyl (C=O) groups is 5. The molecule has 0 radical (unpaired) electrons. The van der Waals surface area contributed by atoms with Crippen LogP contribution >= 0.6 is 0 Å². The molecule has 0 bridgehead atoms. The molecular weight excluding hydrogens is 767 g/mol. The Kier molecular flexibility index (Phi) is 18.0. The van der Waals surface area contributed by atoms with Crippen molar-refractivity contribution in [2.45, 2.75) is 90.5 Å². The maximum absolute atomic E-state index is 13.9. The van der Waals surface area contributed by atoms with Crippen LogP contribution in [0.5, 0.6) is 11.5 Å². The van der Waals surface area contributed by atoms with Crippen molar-refractivity contribution in [3.63, 3.8) is 0 Å². The fourth-order valence-corrected chi connectivity index (χ4v) is 7.78. The Hall–Kier alpha value is -5.44. The number of carboxylic acid groups (broad SMARTS) is 1. The van der Waals surface area contributed by atoms with E-state index in [4.69, 9.17) is 14.6 Å². The third-order valence-electron chi connectivity index (χ3n) is 11.2. The van der Waals surface area contributed by atoms with Gasteiger partial charge in [0, 0.05) is 52.1 Å². The third kappa shape index (κ3) is 12.5. The molecular formula is C45H65N7O8. The quantitative estimate of drug-likeness (QED) is 0.116. The summed E-state index contributed by atoms with van der Waals surface area (Å²) < 4.78 is 13.2. The molecule has 4 rings (SSSR count). The molecule has 0 aliphatic heterocycles. The van der Waals surface area contributed by atoms with E-state index in [0.717, 1.165) is 63.6 Å². The van der Waals surface area contributed by atoms with Gasteiger partial charge < -0.3 is 39.9 Å². The summed E-state index contributed by atoms with van der Waals surface area (Å²) in [5.74, 6) is -1.20. The summed E-state index contributed by atoms with van der Waals surface area (Å²) in [6, 6.07) is 11.4. The predicted octanol–water partition coefficient (Wildman–Crippen LogP) is 5.60. The minimum absolute atomic E-state index is 0.0355. The summed E-state index contributed by atoms with van der Waals surface area (Å²) in [5.41, 5.74) is 3.06. The maximum atomic E-state index is 13.9. The molecule has 0 saturated heterocycles. The standard InChI is InChI=1S/C45H65N7O8/c1-9-46-39(53)22-23-40(54)50(5)26-14-24-49(4)25-15-27-51(6)44(56)32-20-21-35(33(28-32)30(2)3)52-36(41-37(59-7)18-13-19-38(41)60-8)29-34(48-52)43(55)47-42(45(57)58)31-16-11-10-12-17-31/h13,18-21,28-31,42H,9-12,14-17,22-27H2,1-8H3,(H,46,53)(H,47,55)(H,57,58)/t42-/m0/s1. The van der Waals surface area contributed by atoms with Gasteiger partial charge in [0.05, 0.1) is 31.2 Å². The number of benzene rings is 2. The molecule has 2 aromatic carbocycles. The summed E-state index contributed by atoms with van der Waals surface area (Å²) in [7, 11) is 8.66. The van der Waals surface area contributed by atoms with Gasteiger partial charge in [0.1, 0.15) is 17.5 Å². The van der Waals surface area contributed by atoms with E-state index in [2.05, 4.69) is 15.5 Å². The van der Waals surface area contributed by atoms with E-state index in [1.165, 1.54) is 0 Å². The molecule has 3 aromatic rings. The topological polar surface area (TPSA) is 176 Å². The van der Waals surface area contributed by atoms with Gasteiger partial charge in [0.2, 0.25) is 11.8 Å². The number of nitrogens with zero attached hydrogens (tertiary/aromatic N) is 5. The van der Waals surface area contributed by atoms with Gasteiger partial charge in [-0.3, -0.25) is 19.2 Å². The molecule has 4 amide bonds. The first-order valence-corrected chi connectivity index (χ1v) is 21.1. The van der Waals surface area contributed by atoms with Gasteiger partial charge in [0.25, 0.3) is 11.8 Å². The van der Waals surface area contributed by atoms with Crippen molar-refractivity contribution in [2.75, 3.05) is 68.1 Å². The van der Waals surface area contributed by atoms with Gasteiger partial charge in [-0.05, 0) is 107 Å². The zero-order valence-corrected chi connectivity index (χ0v) is 36.7. The fraction of sp³-hybridized carbons (Fsp3) is 0.556. The summed E-state index contributed by atoms with van der Waals surface area (Å²) >= 11 is 0. The highest BCUT2D eigenvalue weighted by Crippen LogP contribution is 2.40. The summed E-state index contributed by atoms with van der Waals surface area (Å²) in [4.78, 5) is 69.7. The van der Waals surface area contributed by atoms with Crippen molar-refractivity contribution in [2.24, 2.45) is 5.92 Å². The number of nitrogens with one attached hydrogen (secondary N) is 2. The zero-order chi connectivity index (χ0) is 43.9. The summed E-state index contributed by atoms with van der Waals surface area (Å²) in [5, 5.41) is 20.4. The summed E-state index contributed by atoms with van der Waals surface area (Å²) in [6.45, 7) is 9.12. The number of carbonyl (C=O) groups excluding carboxylic acids is 4. The molecule has 1 heterocycles. The van der Waals surface area contributed by atoms with E-state index >= 15 is 0 Å². The molecule has 1 aliphatic rings. The molecule has 0 unspecified atom stereocenters. The SMILES string of the molecule is CCNC(=O)CCC(=O)N(C)CCCN(C)CCCN(C)C(=O)c1ccc(-n2nc(C(=O)N[C@H](C(=O)O)C3CCCCC3)cc2-c2c(OC)cccc2OC)c(C(C)C)c1. The van der Waals surface area contributed by atoms with Crippen LogP contribution in [0.15, 0.2) is 42.5 Å². The minimum Gasteiger partial charge on any atom is -0.496 e. The minimum atomic E-state index is -1.07. The third-order valence-corrected chi connectivity index (χ3v) is 11.2. The van der Waals surface area contributed by atoms with Crippen molar-refractivity contribution < 1.29 is 38.6 Å². The van der Waals surface area contributed by atoms with Crippen LogP contribution in [0.2, 0.25) is 0 Å². The molecule has 0 spiro atoms. The second-order valence-electron chi connectivity index (χ2n) is 16.0. The van der Waals surface area contributed by atoms with Gasteiger partial charge in [-0.2, -0.15) is 5.10 Å². The Bertz CT molecular complexity index is 1920. The van der Waals surface area contributed by atoms with E-state index in [9.17, 15) is 29.1 Å². The average Bonchev–Trinajstić information content (AvgIpc) is 3.69. The van der Waals surface area contributed by atoms with Gasteiger partial charge in [-0.1, -0.05) is 39.2 Å². The average molecular weight is 832 g/mol. The largest absolute Gasteiger partial charge is 0.496 e. The van der Waals surface area contributed by atoms with Gasteiger partial charge in [0.15, 0.2) is 5.69 Å². The highest BCUT2D eigenvalue weighted by molar-refractivity contribution is 5.97. The van der Waals surface area contributed by atoms with E-state index in [1.54, 1.807) is 73.1 Å². The lowest BCUT2D eigenvalue weighted by atomic mass is 9.84. The second-order valence-corrected chi connectivity index (χ2v) is 16.0. The Morgan fingerprint density at radius 1 is 0.867 bits per heavy atom. The first-order valence-electron chi connectivity index (χ1n) is 21.1. The molecule has 15 nitrogen and oxygen atoms in total. The number of aliphatic carboxylic acids is 1. The first kappa shape index (κ1) is 47.2. The number of ether oxygens (including phenoxy) is 2. The molecule has 1 fully saturated rings. The highest BCUT2D eigenvalue weighted by atomic mass is 16.5. The normalized spacial score (nSPS) is 13.5. The van der Waals surface area contributed by atoms with E-state index in [0.29, 0.717) is 53.6 Å². The van der Waals surface area contributed by atoms with Crippen LogP contribution in [0.4, 0.5) is 0 Å². The van der Waals surface area contributed by atoms with Crippen LogP contribution in [-0.4, -0.2) is 133 Å². The van der Waals surface area contributed by atoms with Crippen LogP contribution in [0.1, 0.15) is 111 Å². The molecule has 60 heavy (non-hydrogen) atoms. The number of rotatable bonds is 22. The Labute approximate surface area is 354 Å². The lowest BCUT2D eigenvalue weighted by Crippen LogP contribution is -2.46. The monoisotopic (exact) mass is 831 g/mol. The molecule has 15 heteroatoms. The van der Waals surface area contributed by atoms with Crippen LogP contribution < -0.4 is 20.1 Å². The van der Waals surface area contributed by atoms with Crippen molar-refractivity contribution in [1.82, 2.24) is 35.1 Å². The molecule has 1 saturated carbocycles. The van der Waals surface area contributed by atoms with Crippen molar-refractivity contribution in [1.29, 1.82) is 0 Å². The van der Waals surface area contributed by atoms with Crippen LogP contribution in [0.25, 0.3) is 16.9 Å². The number of hydrogen-bond donors (Lipinski definition) is 3. The Morgan fingerprint density at radius 3 is 2.08 bits per heavy atom. The molecule has 3 N–H and O–H groups in total. The number of methoxy groups -OCH3 is 2. The van der Waals surface area contributed by atoms with Crippen LogP contribution in [0, 0.1) is 5.92 Å². The number of amides is 4. The Balaban J connectivity index is 1.51. The fourth-order valence-electron chi connectivity index (χ4n) is 7.78. The van der Waals surface area contributed by atoms with Gasteiger partial charge in [-0.25, -0.2) is 9.48 Å². The zero-order valence-electron chi connectivity index (χ0n) is 36.7. The predicted molar refractivity (Wildman–Crippen MR) is 231 cm³/mol. The maximum Gasteiger partial charge on any atom is 0.326 e. The molecule has 328 valence electrons. The molecule has 1 atom stereocenters. The highest BCUT2D eigenvalue weighted by Gasteiger charge is 2.33. The van der Waals surface area contributed by atoms with E-state index < -0.39 is 17.9 Å². The van der Waals surface area contributed by atoms with Crippen molar-refractivity contribution in [3.05, 3.63) is 59.3 Å². The second kappa shape index (κ2) is 22.8. The van der Waals surface area contributed by atoms with E-state index in [1.807, 2.05) is 40.0 Å². The lowest BCUT2D eigenvalue weighted by Gasteiger charge is -2.27. The Morgan fingerprint density at radius 2 is 1.50 bits per heavy atom. The number of carboxylic acids is 1. The number of aromatic nitrogens is 2. The smallest absolute Gasteiger partial charge is 0.326 e.